The quantitative estimate of drug-likeness (QED) is 0.705. The molecular formula is C15H20N2O4. The number of rotatable bonds is 7. The molecule has 0 radical (unpaired) electrons. The van der Waals surface area contributed by atoms with Crippen LogP contribution in [0.2, 0.25) is 0 Å². The summed E-state index contributed by atoms with van der Waals surface area (Å²) < 4.78 is 0. The molecule has 0 saturated heterocycles. The molecule has 2 amide bonds. The Balaban J connectivity index is 2.42. The number of carbonyl (C=O) groups excluding carboxylic acids is 2. The molecule has 3 N–H and O–H groups in total. The summed E-state index contributed by atoms with van der Waals surface area (Å²) in [5.74, 6) is -1.22. The molecule has 0 atom stereocenters. The van der Waals surface area contributed by atoms with Crippen molar-refractivity contribution in [3.05, 3.63) is 35.4 Å². The summed E-state index contributed by atoms with van der Waals surface area (Å²) in [6.45, 7) is 4.81. The van der Waals surface area contributed by atoms with Gasteiger partial charge in [0.15, 0.2) is 0 Å². The maximum Gasteiger partial charge on any atom is 0.335 e. The van der Waals surface area contributed by atoms with E-state index in [2.05, 4.69) is 10.6 Å². The Morgan fingerprint density at radius 3 is 2.43 bits per heavy atom. The van der Waals surface area contributed by atoms with Crippen LogP contribution in [0.5, 0.6) is 0 Å². The topological polar surface area (TPSA) is 95.5 Å². The molecule has 0 aliphatic heterocycles. The second-order valence-electron chi connectivity index (χ2n) is 5.09. The predicted octanol–water partition coefficient (Wildman–Crippen LogP) is 1.28. The standard InChI is InChI=1S/C15H20N2O4/c1-10(2)9-17-13(18)6-7-16-14(19)11-4-3-5-12(8-11)15(20)21/h3-5,8,10H,6-7,9H2,1-2H3,(H,16,19)(H,17,18)(H,20,21). The van der Waals surface area contributed by atoms with E-state index < -0.39 is 11.9 Å². The number of carboxylic acids is 1. The van der Waals surface area contributed by atoms with Gasteiger partial charge >= 0.3 is 5.97 Å². The van der Waals surface area contributed by atoms with E-state index in [0.717, 1.165) is 0 Å². The molecule has 0 aromatic heterocycles. The molecule has 1 aromatic carbocycles. The summed E-state index contributed by atoms with van der Waals surface area (Å²) in [5, 5.41) is 14.2. The third kappa shape index (κ3) is 6.07. The van der Waals surface area contributed by atoms with E-state index in [0.29, 0.717) is 12.5 Å². The van der Waals surface area contributed by atoms with Crippen LogP contribution in [0.1, 0.15) is 41.0 Å². The minimum absolute atomic E-state index is 0.0531. The summed E-state index contributed by atoms with van der Waals surface area (Å²) in [7, 11) is 0. The maximum atomic E-state index is 11.8. The number of amides is 2. The normalized spacial score (nSPS) is 10.2. The molecule has 0 fully saturated rings. The van der Waals surface area contributed by atoms with E-state index in [1.54, 1.807) is 0 Å². The van der Waals surface area contributed by atoms with Gasteiger partial charge in [0.2, 0.25) is 5.91 Å². The van der Waals surface area contributed by atoms with Crippen LogP contribution < -0.4 is 10.6 Å². The van der Waals surface area contributed by atoms with Gasteiger partial charge in [0.25, 0.3) is 5.91 Å². The minimum Gasteiger partial charge on any atom is -0.478 e. The third-order valence-corrected chi connectivity index (χ3v) is 2.72. The molecule has 0 spiro atoms. The summed E-state index contributed by atoms with van der Waals surface area (Å²) >= 11 is 0. The highest BCUT2D eigenvalue weighted by molar-refractivity contribution is 5.97. The van der Waals surface area contributed by atoms with Gasteiger partial charge in [-0.1, -0.05) is 19.9 Å². The largest absolute Gasteiger partial charge is 0.478 e. The van der Waals surface area contributed by atoms with Gasteiger partial charge in [-0.2, -0.15) is 0 Å². The second-order valence-corrected chi connectivity index (χ2v) is 5.09. The fraction of sp³-hybridized carbons (Fsp3) is 0.400. The van der Waals surface area contributed by atoms with Gasteiger partial charge < -0.3 is 15.7 Å². The Labute approximate surface area is 123 Å². The van der Waals surface area contributed by atoms with Crippen molar-refractivity contribution in [3.8, 4) is 0 Å². The van der Waals surface area contributed by atoms with Gasteiger partial charge in [-0.3, -0.25) is 9.59 Å². The van der Waals surface area contributed by atoms with E-state index in [-0.39, 0.29) is 30.0 Å². The molecule has 6 heteroatoms. The van der Waals surface area contributed by atoms with Crippen LogP contribution in [0.15, 0.2) is 24.3 Å². The van der Waals surface area contributed by atoms with E-state index in [9.17, 15) is 14.4 Å². The zero-order valence-electron chi connectivity index (χ0n) is 12.2. The molecule has 1 rings (SSSR count). The van der Waals surface area contributed by atoms with E-state index in [1.165, 1.54) is 24.3 Å². The summed E-state index contributed by atoms with van der Waals surface area (Å²) in [4.78, 5) is 34.1. The number of aromatic carboxylic acids is 1. The lowest BCUT2D eigenvalue weighted by Crippen LogP contribution is -2.32. The van der Waals surface area contributed by atoms with Gasteiger partial charge in [-0.15, -0.1) is 0 Å². The summed E-state index contributed by atoms with van der Waals surface area (Å²) in [6, 6.07) is 5.75. The smallest absolute Gasteiger partial charge is 0.335 e. The number of benzene rings is 1. The zero-order chi connectivity index (χ0) is 15.8. The third-order valence-electron chi connectivity index (χ3n) is 2.72. The number of hydrogen-bond acceptors (Lipinski definition) is 3. The molecule has 0 unspecified atom stereocenters. The van der Waals surface area contributed by atoms with Crippen LogP contribution in [0.3, 0.4) is 0 Å². The van der Waals surface area contributed by atoms with Gasteiger partial charge in [0, 0.05) is 25.1 Å². The molecule has 21 heavy (non-hydrogen) atoms. The van der Waals surface area contributed by atoms with Crippen molar-refractivity contribution in [2.75, 3.05) is 13.1 Å². The molecule has 0 bridgehead atoms. The maximum absolute atomic E-state index is 11.8. The van der Waals surface area contributed by atoms with Crippen molar-refractivity contribution in [1.29, 1.82) is 0 Å². The molecule has 0 aliphatic carbocycles. The number of hydrogen-bond donors (Lipinski definition) is 3. The Bertz CT molecular complexity index is 526. The number of carboxylic acid groups (broad SMARTS) is 1. The molecule has 114 valence electrons. The lowest BCUT2D eigenvalue weighted by atomic mass is 10.1. The van der Waals surface area contributed by atoms with Gasteiger partial charge in [-0.05, 0) is 24.1 Å². The zero-order valence-corrected chi connectivity index (χ0v) is 12.2. The van der Waals surface area contributed by atoms with Crippen molar-refractivity contribution < 1.29 is 19.5 Å². The first-order chi connectivity index (χ1) is 9.90. The lowest BCUT2D eigenvalue weighted by Gasteiger charge is -2.08. The van der Waals surface area contributed by atoms with Crippen LogP contribution in [-0.4, -0.2) is 36.0 Å². The van der Waals surface area contributed by atoms with Crippen LogP contribution in [-0.2, 0) is 4.79 Å². The summed E-state index contributed by atoms with van der Waals surface area (Å²) in [5.41, 5.74) is 0.315. The van der Waals surface area contributed by atoms with Crippen molar-refractivity contribution in [1.82, 2.24) is 10.6 Å². The Kier molecular flexibility index (Phi) is 6.39. The SMILES string of the molecule is CC(C)CNC(=O)CCNC(=O)c1cccc(C(=O)O)c1. The van der Waals surface area contributed by atoms with E-state index in [1.807, 2.05) is 13.8 Å². The Hall–Kier alpha value is -2.37. The van der Waals surface area contributed by atoms with Crippen LogP contribution in [0.25, 0.3) is 0 Å². The van der Waals surface area contributed by atoms with Gasteiger partial charge in [0.1, 0.15) is 0 Å². The van der Waals surface area contributed by atoms with Crippen molar-refractivity contribution in [2.45, 2.75) is 20.3 Å². The van der Waals surface area contributed by atoms with Crippen molar-refractivity contribution in [3.63, 3.8) is 0 Å². The molecule has 6 nitrogen and oxygen atoms in total. The number of carbonyl (C=O) groups is 3. The van der Waals surface area contributed by atoms with Crippen LogP contribution >= 0.6 is 0 Å². The fourth-order valence-electron chi connectivity index (χ4n) is 1.59. The van der Waals surface area contributed by atoms with Crippen molar-refractivity contribution in [2.24, 2.45) is 5.92 Å². The highest BCUT2D eigenvalue weighted by atomic mass is 16.4. The predicted molar refractivity (Wildman–Crippen MR) is 78.2 cm³/mol. The van der Waals surface area contributed by atoms with Crippen molar-refractivity contribution >= 4 is 17.8 Å². The minimum atomic E-state index is -1.09. The lowest BCUT2D eigenvalue weighted by molar-refractivity contribution is -0.121. The van der Waals surface area contributed by atoms with Crippen LogP contribution in [0, 0.1) is 5.92 Å². The highest BCUT2D eigenvalue weighted by Gasteiger charge is 2.10. The first-order valence-corrected chi connectivity index (χ1v) is 6.78. The van der Waals surface area contributed by atoms with Crippen LogP contribution in [0.4, 0.5) is 0 Å². The highest BCUT2D eigenvalue weighted by Crippen LogP contribution is 2.05. The first kappa shape index (κ1) is 16.7. The van der Waals surface area contributed by atoms with E-state index in [4.69, 9.17) is 5.11 Å². The average molecular weight is 292 g/mol. The summed E-state index contributed by atoms with van der Waals surface area (Å²) in [6.07, 6.45) is 0.192. The molecule has 0 aliphatic rings. The molecular weight excluding hydrogens is 272 g/mol. The molecule has 1 aromatic rings. The molecule has 0 heterocycles. The fourth-order valence-corrected chi connectivity index (χ4v) is 1.59. The van der Waals surface area contributed by atoms with Gasteiger partial charge in [0.05, 0.1) is 5.56 Å². The second kappa shape index (κ2) is 8.04. The molecule has 0 saturated carbocycles. The Morgan fingerprint density at radius 1 is 1.14 bits per heavy atom. The monoisotopic (exact) mass is 292 g/mol. The Morgan fingerprint density at radius 2 is 1.81 bits per heavy atom. The number of nitrogens with one attached hydrogen (secondary N) is 2. The van der Waals surface area contributed by atoms with Gasteiger partial charge in [-0.25, -0.2) is 4.79 Å². The average Bonchev–Trinajstić information content (AvgIpc) is 2.45. The first-order valence-electron chi connectivity index (χ1n) is 6.78. The van der Waals surface area contributed by atoms with E-state index >= 15 is 0 Å².